The van der Waals surface area contributed by atoms with E-state index in [-0.39, 0.29) is 11.8 Å². The van der Waals surface area contributed by atoms with E-state index in [2.05, 4.69) is 15.6 Å². The van der Waals surface area contributed by atoms with Gasteiger partial charge in [-0.1, -0.05) is 6.07 Å². The minimum absolute atomic E-state index is 0.0588. The summed E-state index contributed by atoms with van der Waals surface area (Å²) in [6, 6.07) is 8.55. The third-order valence-corrected chi connectivity index (χ3v) is 3.21. The number of carbonyl (C=O) groups excluding carboxylic acids is 2. The number of ether oxygens (including phenoxy) is 1. The van der Waals surface area contributed by atoms with Crippen LogP contribution in [0.15, 0.2) is 36.5 Å². The summed E-state index contributed by atoms with van der Waals surface area (Å²) in [7, 11) is 1.49. The summed E-state index contributed by atoms with van der Waals surface area (Å²) in [6.07, 6.45) is 1.94. The average Bonchev–Trinajstić information content (AvgIpc) is 2.86. The Balaban J connectivity index is 1.83. The zero-order chi connectivity index (χ0) is 14.8. The van der Waals surface area contributed by atoms with E-state index in [0.717, 1.165) is 5.56 Å². The van der Waals surface area contributed by atoms with Crippen molar-refractivity contribution >= 4 is 23.2 Å². The first kappa shape index (κ1) is 13.1. The summed E-state index contributed by atoms with van der Waals surface area (Å²) < 4.78 is 5.09. The van der Waals surface area contributed by atoms with Crippen LogP contribution in [0, 0.1) is 0 Å². The molecule has 0 aliphatic carbocycles. The highest BCUT2D eigenvalue weighted by Crippen LogP contribution is 2.25. The molecule has 1 aromatic carbocycles. The molecule has 2 heterocycles. The molecule has 21 heavy (non-hydrogen) atoms. The Bertz CT molecular complexity index is 728. The number of pyridine rings is 1. The number of methoxy groups -OCH3 is 1. The average molecular weight is 283 g/mol. The summed E-state index contributed by atoms with van der Waals surface area (Å²) in [5, 5.41) is 5.46. The number of fused-ring (bicyclic) bond motifs is 1. The lowest BCUT2D eigenvalue weighted by molar-refractivity contribution is -0.115. The van der Waals surface area contributed by atoms with E-state index in [1.165, 1.54) is 7.11 Å². The van der Waals surface area contributed by atoms with Crippen molar-refractivity contribution in [2.75, 3.05) is 17.7 Å². The van der Waals surface area contributed by atoms with Crippen LogP contribution in [0.1, 0.15) is 15.9 Å². The van der Waals surface area contributed by atoms with Gasteiger partial charge in [0, 0.05) is 17.4 Å². The van der Waals surface area contributed by atoms with Gasteiger partial charge in [-0.15, -0.1) is 0 Å². The Kier molecular flexibility index (Phi) is 3.27. The number of nitrogens with zero attached hydrogens (tertiary/aromatic N) is 1. The number of aromatic nitrogens is 1. The van der Waals surface area contributed by atoms with Crippen LogP contribution in [0.4, 0.5) is 11.4 Å². The van der Waals surface area contributed by atoms with Crippen LogP contribution in [0.2, 0.25) is 0 Å². The molecule has 2 aromatic rings. The largest absolute Gasteiger partial charge is 0.480 e. The molecule has 2 N–H and O–H groups in total. The van der Waals surface area contributed by atoms with Crippen molar-refractivity contribution in [1.29, 1.82) is 0 Å². The van der Waals surface area contributed by atoms with E-state index in [0.29, 0.717) is 29.2 Å². The molecule has 1 aromatic heterocycles. The molecule has 2 amide bonds. The molecule has 0 saturated heterocycles. The van der Waals surface area contributed by atoms with E-state index >= 15 is 0 Å². The van der Waals surface area contributed by atoms with Gasteiger partial charge in [-0.3, -0.25) is 9.59 Å². The number of amides is 2. The number of carbonyl (C=O) groups is 2. The third-order valence-electron chi connectivity index (χ3n) is 3.21. The normalized spacial score (nSPS) is 12.5. The first-order valence-corrected chi connectivity index (χ1v) is 6.40. The van der Waals surface area contributed by atoms with Gasteiger partial charge < -0.3 is 15.4 Å². The second kappa shape index (κ2) is 5.24. The zero-order valence-corrected chi connectivity index (χ0v) is 11.3. The van der Waals surface area contributed by atoms with Gasteiger partial charge in [0.15, 0.2) is 0 Å². The molecule has 0 unspecified atom stereocenters. The molecule has 1 aliphatic heterocycles. The maximum Gasteiger partial charge on any atom is 0.255 e. The minimum Gasteiger partial charge on any atom is -0.480 e. The van der Waals surface area contributed by atoms with E-state index in [9.17, 15) is 9.59 Å². The summed E-state index contributed by atoms with van der Waals surface area (Å²) in [5.74, 6) is 0.00190. The number of benzene rings is 1. The first-order valence-electron chi connectivity index (χ1n) is 6.40. The lowest BCUT2D eigenvalue weighted by Gasteiger charge is -2.09. The second-order valence-corrected chi connectivity index (χ2v) is 4.61. The number of nitrogens with one attached hydrogen (secondary N) is 2. The molecule has 1 aliphatic rings. The molecule has 6 heteroatoms. The Morgan fingerprint density at radius 3 is 3.05 bits per heavy atom. The number of hydrogen-bond donors (Lipinski definition) is 2. The molecule has 6 nitrogen and oxygen atoms in total. The third kappa shape index (κ3) is 2.55. The summed E-state index contributed by atoms with van der Waals surface area (Å²) in [6.45, 7) is 0. The fourth-order valence-electron chi connectivity index (χ4n) is 2.20. The van der Waals surface area contributed by atoms with Gasteiger partial charge in [-0.2, -0.15) is 0 Å². The van der Waals surface area contributed by atoms with E-state index in [1.807, 2.05) is 0 Å². The monoisotopic (exact) mass is 283 g/mol. The number of rotatable bonds is 3. The molecule has 0 bridgehead atoms. The van der Waals surface area contributed by atoms with Crippen molar-refractivity contribution in [2.24, 2.45) is 0 Å². The van der Waals surface area contributed by atoms with Gasteiger partial charge in [0.25, 0.3) is 5.91 Å². The van der Waals surface area contributed by atoms with Crippen molar-refractivity contribution in [3.63, 3.8) is 0 Å². The lowest BCUT2D eigenvalue weighted by Crippen LogP contribution is -2.13. The van der Waals surface area contributed by atoms with Gasteiger partial charge in [0.05, 0.1) is 13.5 Å². The molecule has 0 fully saturated rings. The van der Waals surface area contributed by atoms with Crippen molar-refractivity contribution in [2.45, 2.75) is 6.42 Å². The Morgan fingerprint density at radius 2 is 2.24 bits per heavy atom. The highest BCUT2D eigenvalue weighted by molar-refractivity contribution is 6.07. The van der Waals surface area contributed by atoms with Crippen LogP contribution >= 0.6 is 0 Å². The van der Waals surface area contributed by atoms with E-state index in [4.69, 9.17) is 4.74 Å². The standard InChI is InChI=1S/C15H13N3O3/c1-21-15-11(3-2-6-16-15)18-14(20)10-5-4-9-8-13(19)17-12(9)7-10/h2-7H,8H2,1H3,(H,17,19)(H,18,20). The molecule has 0 radical (unpaired) electrons. The molecule has 106 valence electrons. The van der Waals surface area contributed by atoms with Crippen LogP contribution in [-0.4, -0.2) is 23.9 Å². The Labute approximate surface area is 121 Å². The van der Waals surface area contributed by atoms with Crippen LogP contribution in [0.5, 0.6) is 5.88 Å². The van der Waals surface area contributed by atoms with Crippen LogP contribution < -0.4 is 15.4 Å². The summed E-state index contributed by atoms with van der Waals surface area (Å²) in [5.41, 5.74) is 2.54. The molecular weight excluding hydrogens is 270 g/mol. The number of hydrogen-bond acceptors (Lipinski definition) is 4. The second-order valence-electron chi connectivity index (χ2n) is 4.61. The Morgan fingerprint density at radius 1 is 1.38 bits per heavy atom. The smallest absolute Gasteiger partial charge is 0.255 e. The topological polar surface area (TPSA) is 80.3 Å². The Hall–Kier alpha value is -2.89. The molecule has 3 rings (SSSR count). The fourth-order valence-corrected chi connectivity index (χ4v) is 2.20. The first-order chi connectivity index (χ1) is 10.2. The fraction of sp³-hybridized carbons (Fsp3) is 0.133. The van der Waals surface area contributed by atoms with E-state index in [1.54, 1.807) is 36.5 Å². The molecule has 0 spiro atoms. The predicted octanol–water partition coefficient (Wildman–Crippen LogP) is 1.84. The zero-order valence-electron chi connectivity index (χ0n) is 11.3. The van der Waals surface area contributed by atoms with Gasteiger partial charge in [0.2, 0.25) is 11.8 Å². The maximum atomic E-state index is 12.3. The van der Waals surface area contributed by atoms with Crippen LogP contribution in [-0.2, 0) is 11.2 Å². The van der Waals surface area contributed by atoms with Crippen LogP contribution in [0.25, 0.3) is 0 Å². The lowest BCUT2D eigenvalue weighted by atomic mass is 10.1. The highest BCUT2D eigenvalue weighted by atomic mass is 16.5. The van der Waals surface area contributed by atoms with Gasteiger partial charge in [0.1, 0.15) is 5.69 Å². The maximum absolute atomic E-state index is 12.3. The van der Waals surface area contributed by atoms with Gasteiger partial charge >= 0.3 is 0 Å². The summed E-state index contributed by atoms with van der Waals surface area (Å²) in [4.78, 5) is 27.6. The van der Waals surface area contributed by atoms with Gasteiger partial charge in [-0.25, -0.2) is 4.98 Å². The molecule has 0 atom stereocenters. The quantitative estimate of drug-likeness (QED) is 0.900. The molecular formula is C15H13N3O3. The molecule has 0 saturated carbocycles. The predicted molar refractivity (Wildman–Crippen MR) is 77.5 cm³/mol. The number of anilines is 2. The van der Waals surface area contributed by atoms with E-state index < -0.39 is 0 Å². The van der Waals surface area contributed by atoms with Crippen molar-refractivity contribution in [3.8, 4) is 5.88 Å². The van der Waals surface area contributed by atoms with Crippen molar-refractivity contribution < 1.29 is 14.3 Å². The summed E-state index contributed by atoms with van der Waals surface area (Å²) >= 11 is 0. The minimum atomic E-state index is -0.287. The van der Waals surface area contributed by atoms with Crippen LogP contribution in [0.3, 0.4) is 0 Å². The SMILES string of the molecule is COc1ncccc1NC(=O)c1ccc2c(c1)NC(=O)C2. The van der Waals surface area contributed by atoms with Gasteiger partial charge in [-0.05, 0) is 29.8 Å². The van der Waals surface area contributed by atoms with Crippen molar-refractivity contribution in [3.05, 3.63) is 47.7 Å². The highest BCUT2D eigenvalue weighted by Gasteiger charge is 2.19. The van der Waals surface area contributed by atoms with Crippen molar-refractivity contribution in [1.82, 2.24) is 4.98 Å².